The molecule has 0 spiro atoms. The molecule has 0 aliphatic carbocycles. The van der Waals surface area contributed by atoms with E-state index >= 15 is 0 Å². The highest BCUT2D eigenvalue weighted by atomic mass is 16.5. The van der Waals surface area contributed by atoms with Gasteiger partial charge in [-0.2, -0.15) is 0 Å². The zero-order chi connectivity index (χ0) is 67.0. The summed E-state index contributed by atoms with van der Waals surface area (Å²) >= 11 is 0. The highest BCUT2D eigenvalue weighted by Crippen LogP contribution is 2.21. The summed E-state index contributed by atoms with van der Waals surface area (Å²) in [6, 6.07) is -0.540. The van der Waals surface area contributed by atoms with Crippen LogP contribution in [0.2, 0.25) is 0 Å². The van der Waals surface area contributed by atoms with E-state index in [1.54, 1.807) is 0 Å². The summed E-state index contributed by atoms with van der Waals surface area (Å²) in [5.41, 5.74) is 0. The van der Waals surface area contributed by atoms with Crippen molar-refractivity contribution in [1.29, 1.82) is 0 Å². The first-order chi connectivity index (χ1) is 46.0. The number of unbranched alkanes of at least 4 members (excludes halogenated alkanes) is 67. The fourth-order valence-electron chi connectivity index (χ4n) is 13.9. The van der Waals surface area contributed by atoms with Crippen molar-refractivity contribution in [2.75, 3.05) is 13.2 Å². The number of hydrogen-bond donors (Lipinski definition) is 3. The molecule has 0 aromatic rings. The lowest BCUT2D eigenvalue weighted by atomic mass is 10.0. The number of aliphatic hydroxyl groups excluding tert-OH is 2. The van der Waals surface area contributed by atoms with Crippen molar-refractivity contribution in [2.24, 2.45) is 0 Å². The lowest BCUT2D eigenvalue weighted by Crippen LogP contribution is -2.45. The van der Waals surface area contributed by atoms with Gasteiger partial charge in [-0.15, -0.1) is 0 Å². The number of amides is 1. The van der Waals surface area contributed by atoms with Crippen LogP contribution in [-0.2, 0) is 14.3 Å². The second-order valence-corrected chi connectivity index (χ2v) is 29.9. The van der Waals surface area contributed by atoms with E-state index < -0.39 is 12.1 Å². The van der Waals surface area contributed by atoms with Crippen LogP contribution in [0.4, 0.5) is 0 Å². The van der Waals surface area contributed by atoms with Crippen molar-refractivity contribution >= 4 is 11.9 Å². The molecule has 3 N–H and O–H groups in total. The molecular formula is C87H169NO5. The molecule has 0 aromatic carbocycles. The normalized spacial score (nSPS) is 12.5. The predicted molar refractivity (Wildman–Crippen MR) is 412 cm³/mol. The maximum atomic E-state index is 12.6. The Morgan fingerprint density at radius 2 is 0.505 bits per heavy atom. The summed E-state index contributed by atoms with van der Waals surface area (Å²) in [7, 11) is 0. The first-order valence-electron chi connectivity index (χ1n) is 43.1. The van der Waals surface area contributed by atoms with Crippen LogP contribution in [0, 0.1) is 0 Å². The van der Waals surface area contributed by atoms with E-state index in [1.165, 1.54) is 417 Å². The molecule has 1 amide bonds. The highest BCUT2D eigenvalue weighted by molar-refractivity contribution is 5.76. The Morgan fingerprint density at radius 3 is 0.763 bits per heavy atom. The van der Waals surface area contributed by atoms with Crippen LogP contribution >= 0.6 is 0 Å². The number of rotatable bonds is 82. The smallest absolute Gasteiger partial charge is 0.305 e. The molecule has 0 rings (SSSR count). The van der Waals surface area contributed by atoms with Gasteiger partial charge >= 0.3 is 5.97 Å². The number of aliphatic hydroxyl groups is 2. The quantitative estimate of drug-likeness (QED) is 0.0320. The Morgan fingerprint density at radius 1 is 0.290 bits per heavy atom. The molecule has 2 atom stereocenters. The second kappa shape index (κ2) is 82.8. The van der Waals surface area contributed by atoms with Gasteiger partial charge in [0.2, 0.25) is 5.91 Å². The minimum absolute atomic E-state index is 0.0146. The molecule has 0 aromatic heterocycles. The van der Waals surface area contributed by atoms with E-state index in [0.29, 0.717) is 25.9 Å². The van der Waals surface area contributed by atoms with Crippen LogP contribution in [0.5, 0.6) is 0 Å². The lowest BCUT2D eigenvalue weighted by Gasteiger charge is -2.22. The molecule has 552 valence electrons. The average molecular weight is 1310 g/mol. The van der Waals surface area contributed by atoms with E-state index in [9.17, 15) is 19.8 Å². The number of hydrogen-bond acceptors (Lipinski definition) is 5. The molecule has 0 bridgehead atoms. The third-order valence-electron chi connectivity index (χ3n) is 20.5. The molecule has 0 radical (unpaired) electrons. The van der Waals surface area contributed by atoms with Crippen molar-refractivity contribution < 1.29 is 24.5 Å². The van der Waals surface area contributed by atoms with Crippen LogP contribution in [0.25, 0.3) is 0 Å². The van der Waals surface area contributed by atoms with Crippen molar-refractivity contribution in [2.45, 2.75) is 508 Å². The summed E-state index contributed by atoms with van der Waals surface area (Å²) in [6.45, 7) is 5.00. The minimum Gasteiger partial charge on any atom is -0.466 e. The van der Waals surface area contributed by atoms with Gasteiger partial charge in [0.15, 0.2) is 0 Å². The highest BCUT2D eigenvalue weighted by Gasteiger charge is 2.20. The van der Waals surface area contributed by atoms with Crippen LogP contribution < -0.4 is 5.32 Å². The monoisotopic (exact) mass is 1310 g/mol. The summed E-state index contributed by atoms with van der Waals surface area (Å²) < 4.78 is 5.50. The third kappa shape index (κ3) is 79.2. The average Bonchev–Trinajstić information content (AvgIpc) is 3.78. The van der Waals surface area contributed by atoms with Crippen molar-refractivity contribution in [1.82, 2.24) is 5.32 Å². The maximum absolute atomic E-state index is 12.6. The lowest BCUT2D eigenvalue weighted by molar-refractivity contribution is -0.143. The Kier molecular flexibility index (Phi) is 81.3. The SMILES string of the molecule is CCCCCCCC/C=C\CCCCCCCC(=O)OCCCCCCCCCCCCCCCCCC/C=C\CCCCCCCCCCCCCCCCCCCC(=O)NC(CO)C(O)CCCCCCCCCCCCCCCCCCCCCCCCCC. The van der Waals surface area contributed by atoms with Gasteiger partial charge in [0.25, 0.3) is 0 Å². The Labute approximate surface area is 583 Å². The molecule has 0 aliphatic heterocycles. The zero-order valence-corrected chi connectivity index (χ0v) is 63.5. The molecule has 0 fully saturated rings. The summed E-state index contributed by atoms with van der Waals surface area (Å²) in [6.07, 6.45) is 107. The third-order valence-corrected chi connectivity index (χ3v) is 20.5. The Balaban J connectivity index is 3.33. The molecule has 2 unspecified atom stereocenters. The summed E-state index contributed by atoms with van der Waals surface area (Å²) in [4.78, 5) is 24.7. The minimum atomic E-state index is -0.663. The summed E-state index contributed by atoms with van der Waals surface area (Å²) in [5, 5.41) is 23.5. The molecule has 0 saturated heterocycles. The van der Waals surface area contributed by atoms with Crippen LogP contribution in [0.3, 0.4) is 0 Å². The van der Waals surface area contributed by atoms with Gasteiger partial charge in [0.05, 0.1) is 25.4 Å². The van der Waals surface area contributed by atoms with E-state index in [4.69, 9.17) is 4.74 Å². The van der Waals surface area contributed by atoms with Crippen LogP contribution in [0.15, 0.2) is 24.3 Å². The first kappa shape index (κ1) is 91.3. The van der Waals surface area contributed by atoms with Gasteiger partial charge in [-0.25, -0.2) is 0 Å². The van der Waals surface area contributed by atoms with E-state index in [2.05, 4.69) is 43.5 Å². The fraction of sp³-hybridized carbons (Fsp3) is 0.931. The molecule has 0 aliphatic rings. The van der Waals surface area contributed by atoms with Crippen molar-refractivity contribution in [3.05, 3.63) is 24.3 Å². The topological polar surface area (TPSA) is 95.9 Å². The number of carbonyl (C=O) groups is 2. The van der Waals surface area contributed by atoms with Crippen LogP contribution in [0.1, 0.15) is 495 Å². The van der Waals surface area contributed by atoms with Gasteiger partial charge in [0.1, 0.15) is 0 Å². The number of carbonyl (C=O) groups excluding carboxylic acids is 2. The largest absolute Gasteiger partial charge is 0.466 e. The summed E-state index contributed by atoms with van der Waals surface area (Å²) in [5.74, 6) is -0.0101. The molecule has 93 heavy (non-hydrogen) atoms. The maximum Gasteiger partial charge on any atom is 0.305 e. The molecule has 6 heteroatoms. The Hall–Kier alpha value is -1.66. The van der Waals surface area contributed by atoms with Gasteiger partial charge < -0.3 is 20.3 Å². The first-order valence-corrected chi connectivity index (χ1v) is 43.1. The Bertz CT molecular complexity index is 1460. The number of ether oxygens (including phenoxy) is 1. The number of esters is 1. The molecule has 0 saturated carbocycles. The van der Waals surface area contributed by atoms with E-state index in [0.717, 1.165) is 44.9 Å². The standard InChI is InChI=1S/C87H169NO5/c1-3-5-7-9-11-13-15-17-19-20-21-22-23-39-42-45-48-52-55-59-63-67-71-75-79-85(90)84(83-89)88-86(91)80-76-72-68-64-60-56-53-49-46-43-40-37-35-33-31-29-27-25-24-26-28-30-32-34-36-38-41-44-47-50-54-58-62-66-70-74-78-82-93-87(92)81-77-73-69-65-61-57-51-18-16-14-12-10-8-6-4-2/h18,24,26,51,84-85,89-90H,3-17,19-23,25,27-50,52-83H2,1-2H3,(H,88,91)/b26-24-,51-18-. The number of nitrogens with one attached hydrogen (secondary N) is 1. The second-order valence-electron chi connectivity index (χ2n) is 29.9. The number of allylic oxidation sites excluding steroid dienone is 4. The van der Waals surface area contributed by atoms with Crippen molar-refractivity contribution in [3.63, 3.8) is 0 Å². The zero-order valence-electron chi connectivity index (χ0n) is 63.5. The van der Waals surface area contributed by atoms with E-state index in [-0.39, 0.29) is 18.5 Å². The van der Waals surface area contributed by atoms with E-state index in [1.807, 2.05) is 0 Å². The molecule has 6 nitrogen and oxygen atoms in total. The van der Waals surface area contributed by atoms with Gasteiger partial charge in [0, 0.05) is 12.8 Å². The molecule has 0 heterocycles. The van der Waals surface area contributed by atoms with Gasteiger partial charge in [-0.3, -0.25) is 9.59 Å². The fourth-order valence-corrected chi connectivity index (χ4v) is 13.9. The van der Waals surface area contributed by atoms with Gasteiger partial charge in [-0.1, -0.05) is 430 Å². The molecular weight excluding hydrogens is 1140 g/mol. The van der Waals surface area contributed by atoms with Gasteiger partial charge in [-0.05, 0) is 77.0 Å². The van der Waals surface area contributed by atoms with Crippen molar-refractivity contribution in [3.8, 4) is 0 Å². The predicted octanol–water partition coefficient (Wildman–Crippen LogP) is 28.8. The van der Waals surface area contributed by atoms with Crippen LogP contribution in [-0.4, -0.2) is 47.4 Å².